The average molecular weight is 277 g/mol. The molecule has 8 heteroatoms. The number of carbonyl (C=O) groups is 1. The van der Waals surface area contributed by atoms with Gasteiger partial charge in [0.25, 0.3) is 5.91 Å². The third-order valence-electron chi connectivity index (χ3n) is 2.21. The summed E-state index contributed by atoms with van der Waals surface area (Å²) in [6.45, 7) is 0.615. The van der Waals surface area contributed by atoms with Gasteiger partial charge in [-0.15, -0.1) is 0 Å². The number of oxime groups is 1. The highest BCUT2D eigenvalue weighted by atomic mass is 16.6. The summed E-state index contributed by atoms with van der Waals surface area (Å²) < 4.78 is 0. The molecule has 5 N–H and O–H groups in total. The molecule has 1 amide bonds. The molecule has 2 unspecified atom stereocenters. The van der Waals surface area contributed by atoms with E-state index in [0.29, 0.717) is 13.1 Å². The molecule has 0 spiro atoms. The Hall–Kier alpha value is -1.22. The Morgan fingerprint density at radius 2 is 2.11 bits per heavy atom. The van der Waals surface area contributed by atoms with Gasteiger partial charge in [0.05, 0.1) is 25.0 Å². The predicted octanol–water partition coefficient (Wildman–Crippen LogP) is -2.18. The first-order valence-corrected chi connectivity index (χ1v) is 6.13. The van der Waals surface area contributed by atoms with Crippen molar-refractivity contribution in [2.24, 2.45) is 5.16 Å². The summed E-state index contributed by atoms with van der Waals surface area (Å²) in [6, 6.07) is 0. The fourth-order valence-electron chi connectivity index (χ4n) is 1.12. The number of hydrogen-bond donors (Lipinski definition) is 5. The summed E-state index contributed by atoms with van der Waals surface area (Å²) in [7, 11) is 1.78. The minimum atomic E-state index is -0.881. The highest BCUT2D eigenvalue weighted by Gasteiger charge is 2.06. The molecule has 0 aromatic rings. The van der Waals surface area contributed by atoms with Gasteiger partial charge >= 0.3 is 0 Å². The normalized spacial score (nSPS) is 14.3. The fraction of sp³-hybridized carbons (Fsp3) is 0.818. The van der Waals surface area contributed by atoms with Gasteiger partial charge < -0.3 is 30.8 Å². The van der Waals surface area contributed by atoms with Crippen molar-refractivity contribution < 1.29 is 25.0 Å². The maximum Gasteiger partial charge on any atom is 0.260 e. The van der Waals surface area contributed by atoms with Gasteiger partial charge in [0.1, 0.15) is 0 Å². The summed E-state index contributed by atoms with van der Waals surface area (Å²) in [4.78, 5) is 15.9. The number of aliphatic hydroxyl groups is 3. The van der Waals surface area contributed by atoms with Crippen LogP contribution in [0.2, 0.25) is 0 Å². The van der Waals surface area contributed by atoms with Crippen LogP contribution < -0.4 is 10.6 Å². The lowest BCUT2D eigenvalue weighted by Crippen LogP contribution is -2.32. The van der Waals surface area contributed by atoms with Crippen LogP contribution in [0.15, 0.2) is 5.16 Å². The van der Waals surface area contributed by atoms with Crippen molar-refractivity contribution in [3.8, 4) is 0 Å². The number of nitrogens with zero attached hydrogens (tertiary/aromatic N) is 1. The first-order chi connectivity index (χ1) is 9.10. The number of hydrogen-bond acceptors (Lipinski definition) is 7. The van der Waals surface area contributed by atoms with E-state index in [1.54, 1.807) is 7.05 Å². The number of likely N-dealkylation sites (N-methyl/N-ethyl adjacent to an activating group) is 1. The number of carbonyl (C=O) groups excluding carboxylic acids is 1. The fourth-order valence-corrected chi connectivity index (χ4v) is 1.12. The molecular weight excluding hydrogens is 254 g/mol. The average Bonchev–Trinajstić information content (AvgIpc) is 2.41. The van der Waals surface area contributed by atoms with Crippen LogP contribution in [0.5, 0.6) is 0 Å². The topological polar surface area (TPSA) is 123 Å². The summed E-state index contributed by atoms with van der Waals surface area (Å²) in [5.74, 6) is -0.294. The zero-order chi connectivity index (χ0) is 14.5. The molecule has 0 aliphatic rings. The Labute approximate surface area is 112 Å². The van der Waals surface area contributed by atoms with Crippen molar-refractivity contribution in [3.63, 3.8) is 0 Å². The Kier molecular flexibility index (Phi) is 11.1. The summed E-state index contributed by atoms with van der Waals surface area (Å²) in [5.41, 5.74) is 0. The zero-order valence-corrected chi connectivity index (χ0v) is 11.1. The molecule has 19 heavy (non-hydrogen) atoms. The van der Waals surface area contributed by atoms with Crippen molar-refractivity contribution >= 4 is 12.1 Å². The molecule has 0 aromatic heterocycles. The Morgan fingerprint density at radius 1 is 1.37 bits per heavy atom. The monoisotopic (exact) mass is 277 g/mol. The van der Waals surface area contributed by atoms with E-state index >= 15 is 0 Å². The molecule has 8 nitrogen and oxygen atoms in total. The van der Waals surface area contributed by atoms with Gasteiger partial charge in [-0.05, 0) is 19.9 Å². The Bertz CT molecular complexity index is 263. The van der Waals surface area contributed by atoms with Crippen LogP contribution >= 0.6 is 0 Å². The summed E-state index contributed by atoms with van der Waals surface area (Å²) in [5, 5.41) is 36.0. The molecule has 0 saturated heterocycles. The molecule has 0 aliphatic heterocycles. The molecule has 0 rings (SSSR count). The number of rotatable bonds is 11. The molecule has 0 aromatic carbocycles. The SMILES string of the molecule is CNCCNC(=O)CO/N=C/C(O)CCC(O)CO. The summed E-state index contributed by atoms with van der Waals surface area (Å²) in [6.07, 6.45) is -0.0715. The standard InChI is InChI=1S/C11H23N3O5/c1-12-4-5-13-11(18)8-19-14-6-9(16)2-3-10(17)7-15/h6,9-10,12,15-17H,2-5,7-8H2,1H3,(H,13,18)/b14-6+. The second kappa shape index (κ2) is 11.8. The third-order valence-corrected chi connectivity index (χ3v) is 2.21. The number of aliphatic hydroxyl groups excluding tert-OH is 3. The van der Waals surface area contributed by atoms with E-state index in [4.69, 9.17) is 15.1 Å². The largest absolute Gasteiger partial charge is 0.394 e. The molecule has 0 heterocycles. The molecule has 112 valence electrons. The highest BCUT2D eigenvalue weighted by molar-refractivity contribution is 5.77. The lowest BCUT2D eigenvalue weighted by Gasteiger charge is -2.08. The Morgan fingerprint density at radius 3 is 2.74 bits per heavy atom. The van der Waals surface area contributed by atoms with E-state index in [1.807, 2.05) is 0 Å². The number of nitrogens with one attached hydrogen (secondary N) is 2. The van der Waals surface area contributed by atoms with Crippen LogP contribution in [-0.2, 0) is 9.63 Å². The van der Waals surface area contributed by atoms with E-state index in [-0.39, 0.29) is 32.0 Å². The first kappa shape index (κ1) is 17.8. The minimum absolute atomic E-state index is 0.216. The lowest BCUT2D eigenvalue weighted by atomic mass is 10.1. The maximum atomic E-state index is 11.2. The van der Waals surface area contributed by atoms with E-state index in [9.17, 15) is 9.90 Å². The Balaban J connectivity index is 3.58. The van der Waals surface area contributed by atoms with E-state index in [0.717, 1.165) is 6.21 Å². The van der Waals surface area contributed by atoms with Gasteiger partial charge in [-0.3, -0.25) is 4.79 Å². The maximum absolute atomic E-state index is 11.2. The molecule has 0 radical (unpaired) electrons. The van der Waals surface area contributed by atoms with Crippen molar-refractivity contribution in [2.45, 2.75) is 25.0 Å². The number of amides is 1. The second-order valence-corrected chi connectivity index (χ2v) is 3.96. The highest BCUT2D eigenvalue weighted by Crippen LogP contribution is 1.99. The lowest BCUT2D eigenvalue weighted by molar-refractivity contribution is -0.125. The van der Waals surface area contributed by atoms with Crippen LogP contribution in [-0.4, -0.2) is 73.0 Å². The van der Waals surface area contributed by atoms with Crippen molar-refractivity contribution in [3.05, 3.63) is 0 Å². The van der Waals surface area contributed by atoms with Crippen LogP contribution in [0.1, 0.15) is 12.8 Å². The molecule has 0 aliphatic carbocycles. The van der Waals surface area contributed by atoms with Crippen molar-refractivity contribution in [1.82, 2.24) is 10.6 Å². The van der Waals surface area contributed by atoms with Crippen molar-refractivity contribution in [1.29, 1.82) is 0 Å². The molecular formula is C11H23N3O5. The van der Waals surface area contributed by atoms with Gasteiger partial charge in [-0.25, -0.2) is 0 Å². The van der Waals surface area contributed by atoms with Crippen molar-refractivity contribution in [2.75, 3.05) is 33.4 Å². The minimum Gasteiger partial charge on any atom is -0.394 e. The predicted molar refractivity (Wildman–Crippen MR) is 69.7 cm³/mol. The van der Waals surface area contributed by atoms with E-state index in [2.05, 4.69) is 15.8 Å². The molecule has 2 atom stereocenters. The van der Waals surface area contributed by atoms with Crippen LogP contribution in [0.3, 0.4) is 0 Å². The second-order valence-electron chi connectivity index (χ2n) is 3.96. The van der Waals surface area contributed by atoms with E-state index < -0.39 is 12.2 Å². The van der Waals surface area contributed by atoms with Gasteiger partial charge in [0, 0.05) is 13.1 Å². The zero-order valence-electron chi connectivity index (χ0n) is 11.1. The molecule has 0 fully saturated rings. The smallest absolute Gasteiger partial charge is 0.260 e. The van der Waals surface area contributed by atoms with Crippen LogP contribution in [0.4, 0.5) is 0 Å². The van der Waals surface area contributed by atoms with Gasteiger partial charge in [0.2, 0.25) is 0 Å². The van der Waals surface area contributed by atoms with Gasteiger partial charge in [0.15, 0.2) is 6.61 Å². The van der Waals surface area contributed by atoms with Gasteiger partial charge in [-0.1, -0.05) is 5.16 Å². The molecule has 0 saturated carbocycles. The molecule has 0 bridgehead atoms. The van der Waals surface area contributed by atoms with E-state index in [1.165, 1.54) is 0 Å². The third kappa shape index (κ3) is 11.6. The van der Waals surface area contributed by atoms with Gasteiger partial charge in [-0.2, -0.15) is 0 Å². The summed E-state index contributed by atoms with van der Waals surface area (Å²) >= 11 is 0. The quantitative estimate of drug-likeness (QED) is 0.166. The first-order valence-electron chi connectivity index (χ1n) is 6.13. The van der Waals surface area contributed by atoms with Crippen LogP contribution in [0, 0.1) is 0 Å². The van der Waals surface area contributed by atoms with Crippen LogP contribution in [0.25, 0.3) is 0 Å².